The van der Waals surface area contributed by atoms with Gasteiger partial charge < -0.3 is 20.7 Å². The lowest BCUT2D eigenvalue weighted by atomic mass is 10.1. The fourth-order valence-electron chi connectivity index (χ4n) is 4.01. The molecule has 2 aromatic rings. The SMILES string of the molecule is Nc1cccc(N2CCN(CCCCNC(=O)C3=Cc4cc(Cl)ccc4OC3)CC2)c1. The molecule has 0 atom stereocenters. The summed E-state index contributed by atoms with van der Waals surface area (Å²) < 4.78 is 5.66. The van der Waals surface area contributed by atoms with E-state index < -0.39 is 0 Å². The van der Waals surface area contributed by atoms with Crippen LogP contribution < -0.4 is 20.7 Å². The number of hydrogen-bond donors (Lipinski definition) is 2. The number of hydrogen-bond acceptors (Lipinski definition) is 5. The van der Waals surface area contributed by atoms with Gasteiger partial charge >= 0.3 is 0 Å². The van der Waals surface area contributed by atoms with Gasteiger partial charge in [-0.25, -0.2) is 0 Å². The lowest BCUT2D eigenvalue weighted by Crippen LogP contribution is -2.46. The topological polar surface area (TPSA) is 70.8 Å². The predicted octanol–water partition coefficient (Wildman–Crippen LogP) is 3.42. The molecule has 0 unspecified atom stereocenters. The molecule has 0 radical (unpaired) electrons. The van der Waals surface area contributed by atoms with E-state index in [1.165, 1.54) is 5.69 Å². The molecule has 2 aromatic carbocycles. The van der Waals surface area contributed by atoms with Gasteiger partial charge in [0.2, 0.25) is 0 Å². The average molecular weight is 441 g/mol. The zero-order valence-corrected chi connectivity index (χ0v) is 18.4. The maximum Gasteiger partial charge on any atom is 0.250 e. The summed E-state index contributed by atoms with van der Waals surface area (Å²) in [5.74, 6) is 0.693. The maximum absolute atomic E-state index is 12.4. The van der Waals surface area contributed by atoms with Gasteiger partial charge in [0.25, 0.3) is 5.91 Å². The molecule has 6 nitrogen and oxygen atoms in total. The number of piperazine rings is 1. The number of nitrogens with zero attached hydrogens (tertiary/aromatic N) is 2. The molecule has 0 aliphatic carbocycles. The van der Waals surface area contributed by atoms with E-state index in [9.17, 15) is 4.79 Å². The first-order valence-corrected chi connectivity index (χ1v) is 11.2. The molecule has 0 saturated carbocycles. The van der Waals surface area contributed by atoms with Gasteiger partial charge in [-0.2, -0.15) is 0 Å². The number of ether oxygens (including phenoxy) is 1. The first kappa shape index (κ1) is 21.5. The Balaban J connectivity index is 1.14. The molecular weight excluding hydrogens is 412 g/mol. The zero-order valence-electron chi connectivity index (χ0n) is 17.6. The molecule has 4 rings (SSSR count). The Morgan fingerprint density at radius 2 is 1.94 bits per heavy atom. The van der Waals surface area contributed by atoms with Gasteiger partial charge in [-0.1, -0.05) is 17.7 Å². The Morgan fingerprint density at radius 1 is 1.10 bits per heavy atom. The summed E-state index contributed by atoms with van der Waals surface area (Å²) in [7, 11) is 0. The molecule has 1 amide bonds. The molecule has 2 aliphatic heterocycles. The number of carbonyl (C=O) groups excluding carboxylic acids is 1. The highest BCUT2D eigenvalue weighted by atomic mass is 35.5. The molecule has 1 fully saturated rings. The van der Waals surface area contributed by atoms with Crippen molar-refractivity contribution in [3.8, 4) is 5.75 Å². The van der Waals surface area contributed by atoms with Crippen molar-refractivity contribution in [2.45, 2.75) is 12.8 Å². The van der Waals surface area contributed by atoms with E-state index in [4.69, 9.17) is 22.1 Å². The van der Waals surface area contributed by atoms with E-state index in [-0.39, 0.29) is 12.5 Å². The van der Waals surface area contributed by atoms with Crippen molar-refractivity contribution in [1.82, 2.24) is 10.2 Å². The van der Waals surface area contributed by atoms with Crippen LogP contribution in [0.1, 0.15) is 18.4 Å². The van der Waals surface area contributed by atoms with Gasteiger partial charge in [0.05, 0.1) is 5.57 Å². The lowest BCUT2D eigenvalue weighted by Gasteiger charge is -2.36. The van der Waals surface area contributed by atoms with Gasteiger partial charge in [-0.05, 0) is 61.9 Å². The summed E-state index contributed by atoms with van der Waals surface area (Å²) in [6, 6.07) is 13.5. The lowest BCUT2D eigenvalue weighted by molar-refractivity contribution is -0.117. The largest absolute Gasteiger partial charge is 0.488 e. The summed E-state index contributed by atoms with van der Waals surface area (Å²) in [6.45, 7) is 6.14. The molecular formula is C24H29ClN4O2. The number of nitrogens with two attached hydrogens (primary N) is 1. The number of carbonyl (C=O) groups is 1. The normalized spacial score (nSPS) is 16.3. The molecule has 7 heteroatoms. The van der Waals surface area contributed by atoms with Gasteiger partial charge in [0.15, 0.2) is 0 Å². The van der Waals surface area contributed by atoms with Crippen molar-refractivity contribution < 1.29 is 9.53 Å². The molecule has 164 valence electrons. The molecule has 3 N–H and O–H groups in total. The van der Waals surface area contributed by atoms with E-state index >= 15 is 0 Å². The Kier molecular flexibility index (Phi) is 6.99. The average Bonchev–Trinajstić information content (AvgIpc) is 2.78. The highest BCUT2D eigenvalue weighted by molar-refractivity contribution is 6.30. The van der Waals surface area contributed by atoms with Gasteiger partial charge in [-0.3, -0.25) is 9.69 Å². The van der Waals surface area contributed by atoms with Crippen LogP contribution in [0, 0.1) is 0 Å². The minimum atomic E-state index is -0.0682. The minimum absolute atomic E-state index is 0.0682. The van der Waals surface area contributed by atoms with E-state index in [0.717, 1.165) is 62.6 Å². The summed E-state index contributed by atoms with van der Waals surface area (Å²) in [5, 5.41) is 3.64. The summed E-state index contributed by atoms with van der Waals surface area (Å²) in [4.78, 5) is 17.3. The maximum atomic E-state index is 12.4. The van der Waals surface area contributed by atoms with Crippen molar-refractivity contribution >= 4 is 35.0 Å². The second-order valence-corrected chi connectivity index (χ2v) is 8.46. The van der Waals surface area contributed by atoms with Crippen LogP contribution in [0.5, 0.6) is 5.75 Å². The number of halogens is 1. The Bertz CT molecular complexity index is 954. The second kappa shape index (κ2) is 10.1. The van der Waals surface area contributed by atoms with Crippen molar-refractivity contribution in [1.29, 1.82) is 0 Å². The van der Waals surface area contributed by atoms with E-state index in [1.54, 1.807) is 6.07 Å². The monoisotopic (exact) mass is 440 g/mol. The molecule has 0 aromatic heterocycles. The van der Waals surface area contributed by atoms with Crippen molar-refractivity contribution in [3.63, 3.8) is 0 Å². The van der Waals surface area contributed by atoms with Crippen LogP contribution in [0.4, 0.5) is 11.4 Å². The van der Waals surface area contributed by atoms with Crippen LogP contribution in [0.3, 0.4) is 0 Å². The Morgan fingerprint density at radius 3 is 2.74 bits per heavy atom. The molecule has 31 heavy (non-hydrogen) atoms. The quantitative estimate of drug-likeness (QED) is 0.510. The number of amides is 1. The van der Waals surface area contributed by atoms with E-state index in [1.807, 2.05) is 36.4 Å². The number of unbranched alkanes of at least 4 members (excludes halogenated alkanes) is 1. The van der Waals surface area contributed by atoms with Gasteiger partial charge in [0, 0.05) is 54.7 Å². The van der Waals surface area contributed by atoms with Crippen LogP contribution in [0.2, 0.25) is 5.02 Å². The molecule has 0 bridgehead atoms. The molecule has 2 heterocycles. The first-order valence-electron chi connectivity index (χ1n) is 10.8. The van der Waals surface area contributed by atoms with Crippen LogP contribution in [-0.4, -0.2) is 56.7 Å². The van der Waals surface area contributed by atoms with Crippen LogP contribution in [0.25, 0.3) is 6.08 Å². The molecule has 2 aliphatic rings. The number of nitrogens with one attached hydrogen (secondary N) is 1. The zero-order chi connectivity index (χ0) is 21.6. The minimum Gasteiger partial charge on any atom is -0.488 e. The predicted molar refractivity (Wildman–Crippen MR) is 127 cm³/mol. The van der Waals surface area contributed by atoms with Crippen molar-refractivity contribution in [2.75, 3.05) is 56.5 Å². The standard InChI is InChI=1S/C24H29ClN4O2/c25-20-6-7-23-18(15-20)14-19(17-31-23)24(30)27-8-1-2-9-28-10-12-29(13-11-28)22-5-3-4-21(26)16-22/h3-7,14-16H,1-2,8-13,17,26H2,(H,27,30). The number of nitrogen functional groups attached to an aromatic ring is 1. The van der Waals surface area contributed by atoms with E-state index in [0.29, 0.717) is 17.1 Å². The third-order valence-electron chi connectivity index (χ3n) is 5.77. The molecule has 0 spiro atoms. The van der Waals surface area contributed by atoms with Crippen molar-refractivity contribution in [3.05, 3.63) is 58.6 Å². The van der Waals surface area contributed by atoms with Gasteiger partial charge in [-0.15, -0.1) is 0 Å². The first-order chi connectivity index (χ1) is 15.1. The Hall–Kier alpha value is -2.70. The third-order valence-corrected chi connectivity index (χ3v) is 6.01. The van der Waals surface area contributed by atoms with Crippen LogP contribution >= 0.6 is 11.6 Å². The van der Waals surface area contributed by atoms with Gasteiger partial charge in [0.1, 0.15) is 12.4 Å². The number of fused-ring (bicyclic) bond motifs is 1. The highest BCUT2D eigenvalue weighted by Crippen LogP contribution is 2.29. The number of rotatable bonds is 7. The fraction of sp³-hybridized carbons (Fsp3) is 0.375. The number of anilines is 2. The second-order valence-electron chi connectivity index (χ2n) is 8.03. The van der Waals surface area contributed by atoms with Crippen LogP contribution in [-0.2, 0) is 4.79 Å². The highest BCUT2D eigenvalue weighted by Gasteiger charge is 2.18. The van der Waals surface area contributed by atoms with E-state index in [2.05, 4.69) is 21.2 Å². The molecule has 1 saturated heterocycles. The summed E-state index contributed by atoms with van der Waals surface area (Å²) >= 11 is 6.03. The summed E-state index contributed by atoms with van der Waals surface area (Å²) in [6.07, 6.45) is 3.88. The van der Waals surface area contributed by atoms with Crippen molar-refractivity contribution in [2.24, 2.45) is 0 Å². The Labute approximate surface area is 188 Å². The smallest absolute Gasteiger partial charge is 0.250 e. The fourth-order valence-corrected chi connectivity index (χ4v) is 4.19. The van der Waals surface area contributed by atoms with Crippen LogP contribution in [0.15, 0.2) is 48.0 Å². The third kappa shape index (κ3) is 5.71. The number of benzene rings is 2. The summed E-state index contributed by atoms with van der Waals surface area (Å²) in [5.41, 5.74) is 9.39.